The summed E-state index contributed by atoms with van der Waals surface area (Å²) in [4.78, 5) is 7.77. The van der Waals surface area contributed by atoms with Crippen LogP contribution in [0.15, 0.2) is 24.4 Å². The van der Waals surface area contributed by atoms with Crippen LogP contribution in [0.25, 0.3) is 10.6 Å². The van der Waals surface area contributed by atoms with Crippen LogP contribution in [0.3, 0.4) is 0 Å². The molecule has 1 aromatic carbocycles. The molecular weight excluding hydrogens is 404 g/mol. The van der Waals surface area contributed by atoms with Crippen LogP contribution in [0, 0.1) is 0 Å². The monoisotopic (exact) mass is 434 g/mol. The van der Waals surface area contributed by atoms with Gasteiger partial charge in [0.25, 0.3) is 0 Å². The van der Waals surface area contributed by atoms with Crippen LogP contribution in [0.2, 0.25) is 0 Å². The molecule has 2 aliphatic rings. The molecule has 3 heterocycles. The number of nitrogens with zero attached hydrogens (tertiary/aromatic N) is 2. The highest BCUT2D eigenvalue weighted by atomic mass is 32.2. The first-order chi connectivity index (χ1) is 13.5. The number of aromatic nitrogens is 1. The predicted molar refractivity (Wildman–Crippen MR) is 118 cm³/mol. The van der Waals surface area contributed by atoms with Crippen molar-refractivity contribution in [2.75, 3.05) is 19.3 Å². The topological polar surface area (TPSA) is 59.5 Å². The van der Waals surface area contributed by atoms with Gasteiger partial charge in [-0.3, -0.25) is 4.90 Å². The van der Waals surface area contributed by atoms with E-state index < -0.39 is 9.84 Å². The van der Waals surface area contributed by atoms with E-state index in [0.29, 0.717) is 0 Å². The van der Waals surface area contributed by atoms with Gasteiger partial charge in [0.2, 0.25) is 0 Å². The van der Waals surface area contributed by atoms with Crippen LogP contribution in [0.5, 0.6) is 5.75 Å². The van der Waals surface area contributed by atoms with Gasteiger partial charge in [0.15, 0.2) is 9.84 Å². The summed E-state index contributed by atoms with van der Waals surface area (Å²) >= 11 is 1.45. The van der Waals surface area contributed by atoms with Crippen molar-refractivity contribution in [1.29, 1.82) is 0 Å². The molecule has 0 saturated carbocycles. The second-order valence-electron chi connectivity index (χ2n) is 9.47. The van der Waals surface area contributed by atoms with E-state index in [-0.39, 0.29) is 16.9 Å². The molecule has 1 fully saturated rings. The van der Waals surface area contributed by atoms with Crippen LogP contribution >= 0.6 is 11.3 Å². The number of rotatable bonds is 3. The lowest BCUT2D eigenvalue weighted by Crippen LogP contribution is -2.54. The van der Waals surface area contributed by atoms with E-state index >= 15 is 0 Å². The molecule has 0 bridgehead atoms. The van der Waals surface area contributed by atoms with Gasteiger partial charge in [-0.2, -0.15) is 0 Å². The van der Waals surface area contributed by atoms with Crippen LogP contribution in [0.4, 0.5) is 0 Å². The molecule has 0 amide bonds. The van der Waals surface area contributed by atoms with E-state index in [0.717, 1.165) is 60.0 Å². The lowest BCUT2D eigenvalue weighted by Gasteiger charge is -2.48. The SMILES string of the molecule is CC(C)(C)N1CCC2(CCc3cc(-c4ncc(CS(C)(=O)=O)s4)ccc3O2)CC1. The molecule has 0 unspecified atom stereocenters. The van der Waals surface area contributed by atoms with Crippen molar-refractivity contribution in [2.24, 2.45) is 0 Å². The minimum atomic E-state index is -3.04. The minimum absolute atomic E-state index is 0.0277. The van der Waals surface area contributed by atoms with Crippen molar-refractivity contribution >= 4 is 21.2 Å². The zero-order valence-electron chi connectivity index (χ0n) is 17.7. The summed E-state index contributed by atoms with van der Waals surface area (Å²) in [5.41, 5.74) is 2.45. The number of sulfone groups is 1. The lowest BCUT2D eigenvalue weighted by atomic mass is 9.82. The molecule has 4 rings (SSSR count). The largest absolute Gasteiger partial charge is 0.487 e. The number of ether oxygens (including phenoxy) is 1. The first-order valence-corrected chi connectivity index (χ1v) is 13.1. The average Bonchev–Trinajstić information content (AvgIpc) is 3.07. The molecule has 0 aliphatic carbocycles. The summed E-state index contributed by atoms with van der Waals surface area (Å²) in [6.45, 7) is 9.01. The third-order valence-corrected chi connectivity index (χ3v) is 8.13. The highest BCUT2D eigenvalue weighted by Crippen LogP contribution is 2.42. The third-order valence-electron chi connectivity index (χ3n) is 6.07. The molecular formula is C22H30N2O3S2. The fourth-order valence-corrected chi connectivity index (χ4v) is 6.53. The van der Waals surface area contributed by atoms with Crippen molar-refractivity contribution < 1.29 is 13.2 Å². The summed E-state index contributed by atoms with van der Waals surface area (Å²) in [6, 6.07) is 6.28. The van der Waals surface area contributed by atoms with Gasteiger partial charge in [0.1, 0.15) is 16.4 Å². The van der Waals surface area contributed by atoms with Gasteiger partial charge in [0, 0.05) is 41.5 Å². The van der Waals surface area contributed by atoms with E-state index in [2.05, 4.69) is 42.8 Å². The Morgan fingerprint density at radius 3 is 2.59 bits per heavy atom. The second-order valence-corrected chi connectivity index (χ2v) is 12.7. The maximum atomic E-state index is 11.5. The van der Waals surface area contributed by atoms with Crippen molar-refractivity contribution in [3.8, 4) is 16.3 Å². The minimum Gasteiger partial charge on any atom is -0.487 e. The van der Waals surface area contributed by atoms with E-state index in [4.69, 9.17) is 4.74 Å². The molecule has 0 radical (unpaired) electrons. The molecule has 0 atom stereocenters. The highest BCUT2D eigenvalue weighted by molar-refractivity contribution is 7.90. The van der Waals surface area contributed by atoms with Gasteiger partial charge in [-0.15, -0.1) is 11.3 Å². The van der Waals surface area contributed by atoms with Gasteiger partial charge in [0.05, 0.1) is 5.75 Å². The van der Waals surface area contributed by atoms with Crippen LogP contribution in [-0.2, 0) is 22.0 Å². The van der Waals surface area contributed by atoms with Gasteiger partial charge in [-0.1, -0.05) is 0 Å². The molecule has 29 heavy (non-hydrogen) atoms. The standard InChI is InChI=1S/C22H30N2O3S2/c1-21(2,3)24-11-9-22(10-12-24)8-7-16-13-17(5-6-19(16)27-22)20-23-14-18(28-20)15-29(4,25)26/h5-6,13-14H,7-12,15H2,1-4H3. The number of hydrogen-bond acceptors (Lipinski definition) is 6. The maximum absolute atomic E-state index is 11.5. The smallest absolute Gasteiger partial charge is 0.152 e. The number of piperidine rings is 1. The molecule has 1 spiro atoms. The number of benzene rings is 1. The van der Waals surface area contributed by atoms with Crippen LogP contribution < -0.4 is 4.74 Å². The number of thiazole rings is 1. The number of aryl methyl sites for hydroxylation is 1. The van der Waals surface area contributed by atoms with Gasteiger partial charge in [-0.05, 0) is 70.2 Å². The molecule has 0 N–H and O–H groups in total. The van der Waals surface area contributed by atoms with Gasteiger partial charge < -0.3 is 4.74 Å². The summed E-state index contributed by atoms with van der Waals surface area (Å²) in [7, 11) is -3.04. The zero-order valence-corrected chi connectivity index (χ0v) is 19.3. The Balaban J connectivity index is 1.48. The van der Waals surface area contributed by atoms with Gasteiger partial charge in [-0.25, -0.2) is 13.4 Å². The van der Waals surface area contributed by atoms with Crippen molar-refractivity contribution in [2.45, 2.75) is 63.3 Å². The zero-order chi connectivity index (χ0) is 20.9. The molecule has 1 aromatic heterocycles. The summed E-state index contributed by atoms with van der Waals surface area (Å²) in [6.07, 6.45) is 7.15. The first-order valence-electron chi connectivity index (χ1n) is 10.2. The lowest BCUT2D eigenvalue weighted by molar-refractivity contribution is -0.0355. The first kappa shape index (κ1) is 20.8. The van der Waals surface area contributed by atoms with E-state index in [1.54, 1.807) is 6.20 Å². The summed E-state index contributed by atoms with van der Waals surface area (Å²) in [5.74, 6) is 1.05. The predicted octanol–water partition coefficient (Wildman–Crippen LogP) is 4.31. The quantitative estimate of drug-likeness (QED) is 0.720. The van der Waals surface area contributed by atoms with E-state index in [1.165, 1.54) is 23.2 Å². The average molecular weight is 435 g/mol. The molecule has 2 aliphatic heterocycles. The van der Waals surface area contributed by atoms with E-state index in [9.17, 15) is 8.42 Å². The molecule has 7 heteroatoms. The fraction of sp³-hybridized carbons (Fsp3) is 0.591. The van der Waals surface area contributed by atoms with Crippen LogP contribution in [0.1, 0.15) is 50.5 Å². The summed E-state index contributed by atoms with van der Waals surface area (Å²) < 4.78 is 29.6. The number of likely N-dealkylation sites (tertiary alicyclic amines) is 1. The van der Waals surface area contributed by atoms with Gasteiger partial charge >= 0.3 is 0 Å². The van der Waals surface area contributed by atoms with Crippen LogP contribution in [-0.4, -0.2) is 48.8 Å². The van der Waals surface area contributed by atoms with Crippen molar-refractivity contribution in [1.82, 2.24) is 9.88 Å². The Bertz CT molecular complexity index is 997. The fourth-order valence-electron chi connectivity index (χ4n) is 4.36. The second kappa shape index (κ2) is 7.36. The summed E-state index contributed by atoms with van der Waals surface area (Å²) in [5, 5.41) is 0.866. The Morgan fingerprint density at radius 2 is 1.93 bits per heavy atom. The Kier molecular flexibility index (Phi) is 5.28. The molecule has 1 saturated heterocycles. The van der Waals surface area contributed by atoms with Crippen molar-refractivity contribution in [3.63, 3.8) is 0 Å². The Morgan fingerprint density at radius 1 is 1.21 bits per heavy atom. The number of hydrogen-bond donors (Lipinski definition) is 0. The number of fused-ring (bicyclic) bond motifs is 1. The third kappa shape index (κ3) is 4.67. The highest BCUT2D eigenvalue weighted by Gasteiger charge is 2.41. The van der Waals surface area contributed by atoms with Crippen molar-refractivity contribution in [3.05, 3.63) is 34.8 Å². The maximum Gasteiger partial charge on any atom is 0.152 e. The van der Waals surface area contributed by atoms with E-state index in [1.807, 2.05) is 6.07 Å². The molecule has 5 nitrogen and oxygen atoms in total. The molecule has 2 aromatic rings. The Hall–Kier alpha value is -1.44. The Labute approximate surface area is 178 Å². The molecule has 158 valence electrons. The normalized spacial score (nSPS) is 19.7.